The maximum absolute atomic E-state index is 11.7. The molecule has 0 aliphatic rings. The minimum atomic E-state index is -1.03. The standard InChI is InChI=1S/C15H15NO4/c1-11-5-4-8-14(17)16(11)9-10-20-13-7-3-2-6-12(13)15(18)19/h2-8H,9-10H2,1H3,(H,18,19). The van der Waals surface area contributed by atoms with Crippen LogP contribution in [0.5, 0.6) is 5.75 Å². The number of hydrogen-bond donors (Lipinski definition) is 1. The first kappa shape index (κ1) is 13.9. The molecule has 0 saturated carbocycles. The van der Waals surface area contributed by atoms with Gasteiger partial charge in [-0.25, -0.2) is 4.79 Å². The maximum Gasteiger partial charge on any atom is 0.339 e. The van der Waals surface area contributed by atoms with Crippen LogP contribution in [-0.2, 0) is 6.54 Å². The molecule has 2 rings (SSSR count). The molecule has 0 atom stereocenters. The van der Waals surface area contributed by atoms with E-state index in [4.69, 9.17) is 9.84 Å². The molecule has 0 aliphatic carbocycles. The average Bonchev–Trinajstić information content (AvgIpc) is 2.42. The van der Waals surface area contributed by atoms with Gasteiger partial charge in [0.05, 0.1) is 6.54 Å². The van der Waals surface area contributed by atoms with Gasteiger partial charge in [-0.15, -0.1) is 0 Å². The SMILES string of the molecule is Cc1cccc(=O)n1CCOc1ccccc1C(=O)O. The van der Waals surface area contributed by atoms with E-state index < -0.39 is 5.97 Å². The lowest BCUT2D eigenvalue weighted by atomic mass is 10.2. The van der Waals surface area contributed by atoms with Crippen LogP contribution in [-0.4, -0.2) is 22.2 Å². The fourth-order valence-corrected chi connectivity index (χ4v) is 1.93. The second kappa shape index (κ2) is 6.06. The summed E-state index contributed by atoms with van der Waals surface area (Å²) in [5, 5.41) is 9.04. The number of para-hydroxylation sites is 1. The molecule has 5 nitrogen and oxygen atoms in total. The summed E-state index contributed by atoms with van der Waals surface area (Å²) in [6, 6.07) is 11.5. The van der Waals surface area contributed by atoms with Crippen molar-refractivity contribution in [2.75, 3.05) is 6.61 Å². The van der Waals surface area contributed by atoms with Crippen molar-refractivity contribution in [2.24, 2.45) is 0 Å². The topological polar surface area (TPSA) is 68.5 Å². The molecule has 20 heavy (non-hydrogen) atoms. The smallest absolute Gasteiger partial charge is 0.339 e. The molecule has 0 bridgehead atoms. The number of nitrogens with zero attached hydrogens (tertiary/aromatic N) is 1. The number of aromatic nitrogens is 1. The van der Waals surface area contributed by atoms with Crippen LogP contribution < -0.4 is 10.3 Å². The average molecular weight is 273 g/mol. The first-order valence-electron chi connectivity index (χ1n) is 6.21. The third-order valence-electron chi connectivity index (χ3n) is 2.96. The molecule has 104 valence electrons. The molecule has 0 aliphatic heterocycles. The lowest BCUT2D eigenvalue weighted by Crippen LogP contribution is -2.24. The zero-order valence-corrected chi connectivity index (χ0v) is 11.1. The van der Waals surface area contributed by atoms with Crippen molar-refractivity contribution < 1.29 is 14.6 Å². The normalized spacial score (nSPS) is 10.2. The van der Waals surface area contributed by atoms with E-state index in [9.17, 15) is 9.59 Å². The van der Waals surface area contributed by atoms with E-state index in [0.717, 1.165) is 5.69 Å². The van der Waals surface area contributed by atoms with Gasteiger partial charge in [0.25, 0.3) is 5.56 Å². The van der Waals surface area contributed by atoms with Crippen molar-refractivity contribution in [2.45, 2.75) is 13.5 Å². The van der Waals surface area contributed by atoms with Crippen molar-refractivity contribution in [3.05, 3.63) is 64.1 Å². The quantitative estimate of drug-likeness (QED) is 0.903. The Morgan fingerprint density at radius 2 is 1.95 bits per heavy atom. The molecule has 0 amide bonds. The third kappa shape index (κ3) is 3.06. The Labute approximate surface area is 116 Å². The van der Waals surface area contributed by atoms with Gasteiger partial charge in [-0.3, -0.25) is 4.79 Å². The number of pyridine rings is 1. The monoisotopic (exact) mass is 273 g/mol. The van der Waals surface area contributed by atoms with Crippen molar-refractivity contribution in [3.63, 3.8) is 0 Å². The molecular formula is C15H15NO4. The molecule has 0 radical (unpaired) electrons. The summed E-state index contributed by atoms with van der Waals surface area (Å²) in [7, 11) is 0. The predicted molar refractivity (Wildman–Crippen MR) is 74.3 cm³/mol. The zero-order valence-electron chi connectivity index (χ0n) is 11.1. The van der Waals surface area contributed by atoms with E-state index >= 15 is 0 Å². The second-order valence-corrected chi connectivity index (χ2v) is 4.31. The van der Waals surface area contributed by atoms with Gasteiger partial charge >= 0.3 is 5.97 Å². The number of ether oxygens (including phenoxy) is 1. The summed E-state index contributed by atoms with van der Waals surface area (Å²) in [5.74, 6) is -0.727. The van der Waals surface area contributed by atoms with E-state index in [-0.39, 0.29) is 17.7 Å². The molecule has 1 heterocycles. The molecule has 0 unspecified atom stereocenters. The van der Waals surface area contributed by atoms with E-state index in [1.54, 1.807) is 28.8 Å². The summed E-state index contributed by atoms with van der Waals surface area (Å²) in [6.07, 6.45) is 0. The summed E-state index contributed by atoms with van der Waals surface area (Å²) < 4.78 is 7.06. The molecule has 5 heteroatoms. The van der Waals surface area contributed by atoms with E-state index in [1.807, 2.05) is 13.0 Å². The number of rotatable bonds is 5. The highest BCUT2D eigenvalue weighted by molar-refractivity contribution is 5.90. The Bertz CT molecular complexity index is 676. The molecule has 1 aromatic carbocycles. The Morgan fingerprint density at radius 3 is 2.65 bits per heavy atom. The van der Waals surface area contributed by atoms with Crippen molar-refractivity contribution in [1.82, 2.24) is 4.57 Å². The molecule has 0 fully saturated rings. The fourth-order valence-electron chi connectivity index (χ4n) is 1.93. The zero-order chi connectivity index (χ0) is 14.5. The van der Waals surface area contributed by atoms with E-state index in [2.05, 4.69) is 0 Å². The maximum atomic E-state index is 11.7. The van der Waals surface area contributed by atoms with Crippen molar-refractivity contribution in [3.8, 4) is 5.75 Å². The van der Waals surface area contributed by atoms with Gasteiger partial charge in [0.1, 0.15) is 17.9 Å². The molecule has 1 N–H and O–H groups in total. The van der Waals surface area contributed by atoms with Crippen molar-refractivity contribution in [1.29, 1.82) is 0 Å². The molecule has 0 spiro atoms. The number of benzene rings is 1. The largest absolute Gasteiger partial charge is 0.491 e. The Balaban J connectivity index is 2.07. The van der Waals surface area contributed by atoms with E-state index in [0.29, 0.717) is 12.3 Å². The third-order valence-corrected chi connectivity index (χ3v) is 2.96. The molecule has 0 saturated heterocycles. The highest BCUT2D eigenvalue weighted by atomic mass is 16.5. The van der Waals surface area contributed by atoms with Gasteiger partial charge in [-0.2, -0.15) is 0 Å². The number of carbonyl (C=O) groups is 1. The first-order chi connectivity index (χ1) is 9.59. The first-order valence-corrected chi connectivity index (χ1v) is 6.21. The van der Waals surface area contributed by atoms with Crippen LogP contribution in [0.15, 0.2) is 47.3 Å². The minimum Gasteiger partial charge on any atom is -0.491 e. The Kier molecular flexibility index (Phi) is 4.20. The highest BCUT2D eigenvalue weighted by Crippen LogP contribution is 2.17. The van der Waals surface area contributed by atoms with Crippen LogP contribution in [0.3, 0.4) is 0 Å². The highest BCUT2D eigenvalue weighted by Gasteiger charge is 2.10. The van der Waals surface area contributed by atoms with Crippen molar-refractivity contribution >= 4 is 5.97 Å². The Hall–Kier alpha value is -2.56. The van der Waals surface area contributed by atoms with Crippen LogP contribution in [0.2, 0.25) is 0 Å². The number of carboxylic acid groups (broad SMARTS) is 1. The summed E-state index contributed by atoms with van der Waals surface area (Å²) in [5.41, 5.74) is 0.859. The number of aryl methyl sites for hydroxylation is 1. The predicted octanol–water partition coefficient (Wildman–Crippen LogP) is 1.93. The van der Waals surface area contributed by atoms with Crippen LogP contribution in [0.25, 0.3) is 0 Å². The number of aromatic carboxylic acids is 1. The van der Waals surface area contributed by atoms with Crippen LogP contribution in [0.1, 0.15) is 16.1 Å². The summed E-state index contributed by atoms with van der Waals surface area (Å²) in [6.45, 7) is 2.45. The summed E-state index contributed by atoms with van der Waals surface area (Å²) in [4.78, 5) is 22.7. The molecule has 2 aromatic rings. The second-order valence-electron chi connectivity index (χ2n) is 4.31. The number of carboxylic acids is 1. The lowest BCUT2D eigenvalue weighted by Gasteiger charge is -2.12. The van der Waals surface area contributed by atoms with Crippen LogP contribution in [0, 0.1) is 6.92 Å². The van der Waals surface area contributed by atoms with Gasteiger partial charge in [-0.1, -0.05) is 18.2 Å². The lowest BCUT2D eigenvalue weighted by molar-refractivity contribution is 0.0692. The van der Waals surface area contributed by atoms with E-state index in [1.165, 1.54) is 12.1 Å². The van der Waals surface area contributed by atoms with Gasteiger partial charge in [-0.05, 0) is 25.1 Å². The van der Waals surface area contributed by atoms with Gasteiger partial charge in [0.15, 0.2) is 0 Å². The van der Waals surface area contributed by atoms with Crippen LogP contribution >= 0.6 is 0 Å². The number of hydrogen-bond acceptors (Lipinski definition) is 3. The minimum absolute atomic E-state index is 0.0971. The molecular weight excluding hydrogens is 258 g/mol. The van der Waals surface area contributed by atoms with Gasteiger partial charge < -0.3 is 14.4 Å². The van der Waals surface area contributed by atoms with Gasteiger partial charge in [0.2, 0.25) is 0 Å². The Morgan fingerprint density at radius 1 is 1.20 bits per heavy atom. The molecule has 1 aromatic heterocycles. The fraction of sp³-hybridized carbons (Fsp3) is 0.200. The summed E-state index contributed by atoms with van der Waals surface area (Å²) >= 11 is 0. The van der Waals surface area contributed by atoms with Crippen LogP contribution in [0.4, 0.5) is 0 Å². The van der Waals surface area contributed by atoms with Gasteiger partial charge in [0, 0.05) is 11.8 Å².